The van der Waals surface area contributed by atoms with Gasteiger partial charge in [0, 0.05) is 12.6 Å². The fourth-order valence-electron chi connectivity index (χ4n) is 2.44. The van der Waals surface area contributed by atoms with Crippen LogP contribution in [0.1, 0.15) is 18.0 Å². The first-order chi connectivity index (χ1) is 9.13. The highest BCUT2D eigenvalue weighted by Crippen LogP contribution is 2.28. The van der Waals surface area contributed by atoms with Crippen molar-refractivity contribution in [3.05, 3.63) is 30.0 Å². The molecule has 1 aliphatic heterocycles. The Morgan fingerprint density at radius 1 is 1.42 bits per heavy atom. The number of benzene rings is 1. The lowest BCUT2D eigenvalue weighted by Crippen LogP contribution is -2.17. The number of nitrogens with zero attached hydrogens (tertiary/aromatic N) is 2. The van der Waals surface area contributed by atoms with Crippen molar-refractivity contribution < 1.29 is 9.90 Å². The van der Waals surface area contributed by atoms with Gasteiger partial charge in [0.1, 0.15) is 5.82 Å². The van der Waals surface area contributed by atoms with Gasteiger partial charge in [-0.3, -0.25) is 9.78 Å². The number of aromatic nitrogens is 2. The standard InChI is InChI=1S/C13H14N4O2/c14-12-6-16-11-3-7(1-2-9(11)17-12)10-4-8(5-15-10)13(18)19/h1-3,6,8,10,15H,4-5H2,(H2,14,17)(H,18,19). The molecule has 2 heterocycles. The van der Waals surface area contributed by atoms with Crippen LogP contribution >= 0.6 is 0 Å². The molecule has 6 nitrogen and oxygen atoms in total. The molecule has 1 fully saturated rings. The Labute approximate surface area is 109 Å². The molecule has 1 aromatic heterocycles. The van der Waals surface area contributed by atoms with Crippen LogP contribution in [0.5, 0.6) is 0 Å². The summed E-state index contributed by atoms with van der Waals surface area (Å²) < 4.78 is 0. The number of carboxylic acid groups (broad SMARTS) is 1. The first-order valence-electron chi connectivity index (χ1n) is 6.12. The SMILES string of the molecule is Nc1cnc2cc(C3CC(C(=O)O)CN3)ccc2n1. The van der Waals surface area contributed by atoms with E-state index in [1.165, 1.54) is 6.20 Å². The Bertz CT molecular complexity index is 644. The predicted molar refractivity (Wildman–Crippen MR) is 70.4 cm³/mol. The molecule has 0 aliphatic carbocycles. The van der Waals surface area contributed by atoms with E-state index in [0.29, 0.717) is 18.8 Å². The highest BCUT2D eigenvalue weighted by molar-refractivity contribution is 5.76. The number of rotatable bonds is 2. The van der Waals surface area contributed by atoms with Gasteiger partial charge in [0.25, 0.3) is 0 Å². The first-order valence-corrected chi connectivity index (χ1v) is 6.12. The van der Waals surface area contributed by atoms with Gasteiger partial charge < -0.3 is 16.2 Å². The zero-order valence-corrected chi connectivity index (χ0v) is 10.2. The summed E-state index contributed by atoms with van der Waals surface area (Å²) in [5.74, 6) is -0.674. The van der Waals surface area contributed by atoms with Gasteiger partial charge in [-0.2, -0.15) is 0 Å². The fourth-order valence-corrected chi connectivity index (χ4v) is 2.44. The van der Waals surface area contributed by atoms with Crippen molar-refractivity contribution in [1.82, 2.24) is 15.3 Å². The number of carboxylic acids is 1. The Morgan fingerprint density at radius 2 is 2.26 bits per heavy atom. The molecule has 6 heteroatoms. The average molecular weight is 258 g/mol. The summed E-state index contributed by atoms with van der Waals surface area (Å²) in [6.45, 7) is 0.505. The number of hydrogen-bond acceptors (Lipinski definition) is 5. The molecule has 98 valence electrons. The minimum Gasteiger partial charge on any atom is -0.481 e. The van der Waals surface area contributed by atoms with E-state index in [1.54, 1.807) is 0 Å². The number of nitrogens with one attached hydrogen (secondary N) is 1. The summed E-state index contributed by atoms with van der Waals surface area (Å²) >= 11 is 0. The Kier molecular flexibility index (Phi) is 2.79. The zero-order valence-electron chi connectivity index (χ0n) is 10.2. The number of nitrogen functional groups attached to an aromatic ring is 1. The molecule has 0 amide bonds. The van der Waals surface area contributed by atoms with Crippen LogP contribution < -0.4 is 11.1 Å². The summed E-state index contributed by atoms with van der Waals surface area (Å²) in [4.78, 5) is 19.4. The van der Waals surface area contributed by atoms with Crippen molar-refractivity contribution in [2.24, 2.45) is 5.92 Å². The second-order valence-corrected chi connectivity index (χ2v) is 4.77. The molecule has 2 aromatic rings. The molecule has 0 bridgehead atoms. The van der Waals surface area contributed by atoms with Crippen LogP contribution in [0.2, 0.25) is 0 Å². The summed E-state index contributed by atoms with van der Waals surface area (Å²) in [6.07, 6.45) is 2.12. The number of fused-ring (bicyclic) bond motifs is 1. The monoisotopic (exact) mass is 258 g/mol. The Hall–Kier alpha value is -2.21. The number of carbonyl (C=O) groups is 1. The maximum Gasteiger partial charge on any atom is 0.307 e. The molecule has 2 atom stereocenters. The largest absolute Gasteiger partial charge is 0.481 e. The van der Waals surface area contributed by atoms with Crippen molar-refractivity contribution in [3.63, 3.8) is 0 Å². The molecular formula is C13H14N4O2. The summed E-state index contributed by atoms with van der Waals surface area (Å²) in [5, 5.41) is 12.2. The fraction of sp³-hybridized carbons (Fsp3) is 0.308. The van der Waals surface area contributed by atoms with E-state index in [9.17, 15) is 4.79 Å². The third-order valence-corrected chi connectivity index (χ3v) is 3.47. The molecule has 19 heavy (non-hydrogen) atoms. The summed E-state index contributed by atoms with van der Waals surface area (Å²) in [7, 11) is 0. The quantitative estimate of drug-likeness (QED) is 0.741. The number of anilines is 1. The minimum absolute atomic E-state index is 0.0600. The molecule has 4 N–H and O–H groups in total. The van der Waals surface area contributed by atoms with Crippen molar-refractivity contribution in [2.75, 3.05) is 12.3 Å². The zero-order chi connectivity index (χ0) is 13.4. The second kappa shape index (κ2) is 4.47. The molecule has 0 radical (unpaired) electrons. The van der Waals surface area contributed by atoms with Gasteiger partial charge in [-0.1, -0.05) is 6.07 Å². The Balaban J connectivity index is 1.90. The van der Waals surface area contributed by atoms with Gasteiger partial charge in [0.15, 0.2) is 0 Å². The second-order valence-electron chi connectivity index (χ2n) is 4.77. The normalized spacial score (nSPS) is 22.7. The smallest absolute Gasteiger partial charge is 0.307 e. The van der Waals surface area contributed by atoms with E-state index in [4.69, 9.17) is 10.8 Å². The van der Waals surface area contributed by atoms with Crippen LogP contribution in [-0.2, 0) is 4.79 Å². The van der Waals surface area contributed by atoms with Gasteiger partial charge in [-0.05, 0) is 24.1 Å². The maximum absolute atomic E-state index is 11.0. The first kappa shape index (κ1) is 11.9. The highest BCUT2D eigenvalue weighted by Gasteiger charge is 2.30. The Morgan fingerprint density at radius 3 is 3.00 bits per heavy atom. The van der Waals surface area contributed by atoms with Crippen LogP contribution in [0.3, 0.4) is 0 Å². The van der Waals surface area contributed by atoms with E-state index in [2.05, 4.69) is 15.3 Å². The van der Waals surface area contributed by atoms with E-state index in [0.717, 1.165) is 16.6 Å². The van der Waals surface area contributed by atoms with Gasteiger partial charge >= 0.3 is 5.97 Å². The molecule has 0 saturated carbocycles. The number of aliphatic carboxylic acids is 1. The van der Waals surface area contributed by atoms with Crippen molar-refractivity contribution in [3.8, 4) is 0 Å². The van der Waals surface area contributed by atoms with Crippen LogP contribution in [-0.4, -0.2) is 27.6 Å². The van der Waals surface area contributed by atoms with Gasteiger partial charge in [0.2, 0.25) is 0 Å². The molecule has 3 rings (SSSR count). The predicted octanol–water partition coefficient (Wildman–Crippen LogP) is 0.947. The summed E-state index contributed by atoms with van der Waals surface area (Å²) in [5.41, 5.74) is 8.14. The van der Waals surface area contributed by atoms with Crippen LogP contribution in [0.25, 0.3) is 11.0 Å². The molecule has 1 aliphatic rings. The molecule has 1 saturated heterocycles. The van der Waals surface area contributed by atoms with E-state index < -0.39 is 5.97 Å². The van der Waals surface area contributed by atoms with E-state index >= 15 is 0 Å². The molecule has 1 aromatic carbocycles. The van der Waals surface area contributed by atoms with Gasteiger partial charge in [-0.25, -0.2) is 4.98 Å². The van der Waals surface area contributed by atoms with E-state index in [1.807, 2.05) is 18.2 Å². The molecule has 0 spiro atoms. The maximum atomic E-state index is 11.0. The lowest BCUT2D eigenvalue weighted by molar-refractivity contribution is -0.141. The van der Waals surface area contributed by atoms with Crippen LogP contribution in [0, 0.1) is 5.92 Å². The average Bonchev–Trinajstić information content (AvgIpc) is 2.88. The lowest BCUT2D eigenvalue weighted by atomic mass is 10.00. The summed E-state index contributed by atoms with van der Waals surface area (Å²) in [6, 6.07) is 5.80. The van der Waals surface area contributed by atoms with Crippen LogP contribution in [0.4, 0.5) is 5.82 Å². The number of nitrogens with two attached hydrogens (primary N) is 1. The third kappa shape index (κ3) is 2.22. The van der Waals surface area contributed by atoms with Crippen molar-refractivity contribution in [2.45, 2.75) is 12.5 Å². The lowest BCUT2D eigenvalue weighted by Gasteiger charge is -2.11. The minimum atomic E-state index is -0.747. The van der Waals surface area contributed by atoms with Gasteiger partial charge in [0.05, 0.1) is 23.1 Å². The van der Waals surface area contributed by atoms with Crippen LogP contribution in [0.15, 0.2) is 24.4 Å². The van der Waals surface area contributed by atoms with Crippen molar-refractivity contribution in [1.29, 1.82) is 0 Å². The number of hydrogen-bond donors (Lipinski definition) is 3. The highest BCUT2D eigenvalue weighted by atomic mass is 16.4. The topological polar surface area (TPSA) is 101 Å². The van der Waals surface area contributed by atoms with Gasteiger partial charge in [-0.15, -0.1) is 0 Å². The third-order valence-electron chi connectivity index (χ3n) is 3.47. The molecular weight excluding hydrogens is 244 g/mol. The molecule has 2 unspecified atom stereocenters. The van der Waals surface area contributed by atoms with E-state index in [-0.39, 0.29) is 12.0 Å². The van der Waals surface area contributed by atoms with Crippen molar-refractivity contribution >= 4 is 22.8 Å².